The van der Waals surface area contributed by atoms with Gasteiger partial charge in [0.2, 0.25) is 0 Å². The van der Waals surface area contributed by atoms with Crippen LogP contribution in [0.2, 0.25) is 0 Å². The first kappa shape index (κ1) is 12.5. The van der Waals surface area contributed by atoms with Gasteiger partial charge in [0, 0.05) is 24.7 Å². The molecule has 0 spiro atoms. The summed E-state index contributed by atoms with van der Waals surface area (Å²) in [4.78, 5) is 8.39. The Morgan fingerprint density at radius 3 is 3.00 bits per heavy atom. The van der Waals surface area contributed by atoms with Gasteiger partial charge in [0.05, 0.1) is 0 Å². The van der Waals surface area contributed by atoms with Gasteiger partial charge in [0.1, 0.15) is 12.1 Å². The van der Waals surface area contributed by atoms with E-state index in [-0.39, 0.29) is 0 Å². The van der Waals surface area contributed by atoms with Gasteiger partial charge in [-0.3, -0.25) is 0 Å². The largest absolute Gasteiger partial charge is 0.370 e. The molecule has 3 heteroatoms. The molecule has 16 heavy (non-hydrogen) atoms. The molecule has 1 rings (SSSR count). The van der Waals surface area contributed by atoms with Crippen LogP contribution in [0.15, 0.2) is 12.4 Å². The zero-order valence-corrected chi connectivity index (χ0v) is 9.87. The summed E-state index contributed by atoms with van der Waals surface area (Å²) in [5.41, 5.74) is 1.10. The van der Waals surface area contributed by atoms with Crippen LogP contribution < -0.4 is 5.32 Å². The maximum Gasteiger partial charge on any atom is 0.129 e. The van der Waals surface area contributed by atoms with Crippen molar-refractivity contribution in [2.45, 2.75) is 39.0 Å². The lowest BCUT2D eigenvalue weighted by Gasteiger charge is -2.05. The van der Waals surface area contributed by atoms with Crippen molar-refractivity contribution in [3.05, 3.63) is 18.1 Å². The van der Waals surface area contributed by atoms with Gasteiger partial charge in [-0.1, -0.05) is 13.3 Å². The number of aromatic nitrogens is 2. The Balaban J connectivity index is 2.30. The number of hydrogen-bond acceptors (Lipinski definition) is 3. The van der Waals surface area contributed by atoms with Crippen LogP contribution in [0.5, 0.6) is 0 Å². The molecule has 0 aromatic carbocycles. The van der Waals surface area contributed by atoms with E-state index in [4.69, 9.17) is 6.42 Å². The highest BCUT2D eigenvalue weighted by molar-refractivity contribution is 5.34. The molecular weight excluding hydrogens is 198 g/mol. The number of rotatable bonds is 7. The topological polar surface area (TPSA) is 37.8 Å². The highest BCUT2D eigenvalue weighted by Crippen LogP contribution is 2.06. The van der Waals surface area contributed by atoms with E-state index in [1.807, 2.05) is 6.07 Å². The van der Waals surface area contributed by atoms with Gasteiger partial charge in [0.25, 0.3) is 0 Å². The van der Waals surface area contributed by atoms with Crippen molar-refractivity contribution < 1.29 is 0 Å². The van der Waals surface area contributed by atoms with Crippen LogP contribution in [0.25, 0.3) is 0 Å². The average molecular weight is 217 g/mol. The van der Waals surface area contributed by atoms with E-state index in [1.54, 1.807) is 6.33 Å². The molecule has 1 aromatic heterocycles. The third-order valence-corrected chi connectivity index (χ3v) is 2.28. The van der Waals surface area contributed by atoms with Crippen molar-refractivity contribution in [3.8, 4) is 12.3 Å². The lowest BCUT2D eigenvalue weighted by Crippen LogP contribution is -2.04. The maximum atomic E-state index is 5.18. The second-order valence-electron chi connectivity index (χ2n) is 3.73. The van der Waals surface area contributed by atoms with Gasteiger partial charge in [-0.15, -0.1) is 12.3 Å². The molecule has 0 bridgehead atoms. The molecule has 0 aliphatic carbocycles. The molecule has 0 radical (unpaired) electrons. The van der Waals surface area contributed by atoms with Gasteiger partial charge in [-0.05, 0) is 19.3 Å². The molecule has 0 saturated heterocycles. The second-order valence-corrected chi connectivity index (χ2v) is 3.73. The van der Waals surface area contributed by atoms with Gasteiger partial charge < -0.3 is 5.32 Å². The number of nitrogens with zero attached hydrogens (tertiary/aromatic N) is 2. The first-order valence-electron chi connectivity index (χ1n) is 5.85. The van der Waals surface area contributed by atoms with E-state index < -0.39 is 0 Å². The van der Waals surface area contributed by atoms with E-state index in [0.29, 0.717) is 0 Å². The number of nitrogens with one attached hydrogen (secondary N) is 1. The molecule has 1 aromatic rings. The molecule has 0 aliphatic heterocycles. The SMILES string of the molecule is C#CCCCCNc1cc(CCC)ncn1. The van der Waals surface area contributed by atoms with Crippen molar-refractivity contribution in [2.24, 2.45) is 0 Å². The summed E-state index contributed by atoms with van der Waals surface area (Å²) in [7, 11) is 0. The average Bonchev–Trinajstić information content (AvgIpc) is 2.30. The quantitative estimate of drug-likeness (QED) is 0.563. The number of anilines is 1. The fraction of sp³-hybridized carbons (Fsp3) is 0.538. The third-order valence-electron chi connectivity index (χ3n) is 2.28. The number of aryl methyl sites for hydroxylation is 1. The first-order valence-corrected chi connectivity index (χ1v) is 5.85. The standard InChI is InChI=1S/C13H19N3/c1-3-5-6-7-9-14-13-10-12(8-4-2)15-11-16-13/h1,10-11H,4-9H2,2H3,(H,14,15,16). The molecule has 1 heterocycles. The highest BCUT2D eigenvalue weighted by atomic mass is 15.0. The first-order chi connectivity index (χ1) is 7.86. The number of terminal acetylenes is 1. The Bertz CT molecular complexity index is 341. The van der Waals surface area contributed by atoms with Crippen LogP contribution in [-0.4, -0.2) is 16.5 Å². The van der Waals surface area contributed by atoms with Gasteiger partial charge in [-0.25, -0.2) is 9.97 Å². The summed E-state index contributed by atoms with van der Waals surface area (Å²) < 4.78 is 0. The lowest BCUT2D eigenvalue weighted by molar-refractivity contribution is 0.785. The fourth-order valence-electron chi connectivity index (χ4n) is 1.46. The van der Waals surface area contributed by atoms with Crippen molar-refractivity contribution in [3.63, 3.8) is 0 Å². The monoisotopic (exact) mass is 217 g/mol. The van der Waals surface area contributed by atoms with E-state index in [0.717, 1.165) is 50.2 Å². The van der Waals surface area contributed by atoms with Crippen molar-refractivity contribution in [2.75, 3.05) is 11.9 Å². The zero-order chi connectivity index (χ0) is 11.6. The van der Waals surface area contributed by atoms with Crippen LogP contribution in [0.3, 0.4) is 0 Å². The summed E-state index contributed by atoms with van der Waals surface area (Å²) >= 11 is 0. The van der Waals surface area contributed by atoms with Crippen LogP contribution in [0.4, 0.5) is 5.82 Å². The smallest absolute Gasteiger partial charge is 0.129 e. The Labute approximate surface area is 97.7 Å². The molecule has 0 saturated carbocycles. The van der Waals surface area contributed by atoms with Crippen molar-refractivity contribution >= 4 is 5.82 Å². The normalized spacial score (nSPS) is 9.75. The van der Waals surface area contributed by atoms with Crippen LogP contribution in [-0.2, 0) is 6.42 Å². The van der Waals surface area contributed by atoms with E-state index in [2.05, 4.69) is 28.1 Å². The number of unbranched alkanes of at least 4 members (excludes halogenated alkanes) is 2. The van der Waals surface area contributed by atoms with Crippen molar-refractivity contribution in [1.82, 2.24) is 9.97 Å². The zero-order valence-electron chi connectivity index (χ0n) is 9.87. The Morgan fingerprint density at radius 1 is 1.38 bits per heavy atom. The molecule has 0 amide bonds. The van der Waals surface area contributed by atoms with Gasteiger partial charge >= 0.3 is 0 Å². The minimum absolute atomic E-state index is 0.854. The molecule has 0 fully saturated rings. The van der Waals surface area contributed by atoms with Crippen LogP contribution >= 0.6 is 0 Å². The molecule has 3 nitrogen and oxygen atoms in total. The van der Waals surface area contributed by atoms with E-state index in [9.17, 15) is 0 Å². The fourth-order valence-corrected chi connectivity index (χ4v) is 1.46. The Morgan fingerprint density at radius 2 is 2.25 bits per heavy atom. The molecule has 0 atom stereocenters. The minimum Gasteiger partial charge on any atom is -0.370 e. The van der Waals surface area contributed by atoms with Crippen LogP contribution in [0, 0.1) is 12.3 Å². The molecule has 1 N–H and O–H groups in total. The minimum atomic E-state index is 0.854. The van der Waals surface area contributed by atoms with E-state index in [1.165, 1.54) is 0 Å². The summed E-state index contributed by atoms with van der Waals surface area (Å²) in [6.45, 7) is 3.07. The predicted octanol–water partition coefficient (Wildman–Crippen LogP) is 2.64. The molecule has 0 unspecified atom stereocenters. The third kappa shape index (κ3) is 4.79. The van der Waals surface area contributed by atoms with E-state index >= 15 is 0 Å². The Hall–Kier alpha value is -1.56. The number of hydrogen-bond donors (Lipinski definition) is 1. The maximum absolute atomic E-state index is 5.18. The second kappa shape index (κ2) is 7.70. The molecule has 86 valence electrons. The van der Waals surface area contributed by atoms with Gasteiger partial charge in [-0.2, -0.15) is 0 Å². The highest BCUT2D eigenvalue weighted by Gasteiger charge is 1.97. The summed E-state index contributed by atoms with van der Waals surface area (Å²) in [6.07, 6.45) is 11.9. The predicted molar refractivity (Wildman–Crippen MR) is 67.2 cm³/mol. The summed E-state index contributed by atoms with van der Waals surface area (Å²) in [5.74, 6) is 3.55. The van der Waals surface area contributed by atoms with Crippen LogP contribution in [0.1, 0.15) is 38.3 Å². The van der Waals surface area contributed by atoms with Crippen molar-refractivity contribution in [1.29, 1.82) is 0 Å². The lowest BCUT2D eigenvalue weighted by atomic mass is 10.2. The molecule has 0 aliphatic rings. The molecular formula is C13H19N3. The van der Waals surface area contributed by atoms with Gasteiger partial charge in [0.15, 0.2) is 0 Å². The summed E-state index contributed by atoms with van der Waals surface area (Å²) in [6, 6.07) is 2.02. The Kier molecular flexibility index (Phi) is 6.02. The summed E-state index contributed by atoms with van der Waals surface area (Å²) in [5, 5.41) is 3.28.